The van der Waals surface area contributed by atoms with Crippen LogP contribution in [0.1, 0.15) is 20.7 Å². The zero-order valence-corrected chi connectivity index (χ0v) is 15.1. The van der Waals surface area contributed by atoms with Crippen LogP contribution in [0, 0.1) is 5.82 Å². The topological polar surface area (TPSA) is 61.8 Å². The summed E-state index contributed by atoms with van der Waals surface area (Å²) in [7, 11) is 1.37. The molecule has 3 aromatic rings. The van der Waals surface area contributed by atoms with Crippen LogP contribution in [0.2, 0.25) is 0 Å². The maximum Gasteiger partial charge on any atom is 0.338 e. The van der Waals surface area contributed by atoms with Gasteiger partial charge in [-0.25, -0.2) is 9.18 Å². The van der Waals surface area contributed by atoms with E-state index >= 15 is 0 Å². The van der Waals surface area contributed by atoms with Crippen molar-refractivity contribution in [3.8, 4) is 17.2 Å². The summed E-state index contributed by atoms with van der Waals surface area (Å²) in [4.78, 5) is 24.4. The van der Waals surface area contributed by atoms with Crippen molar-refractivity contribution in [2.45, 2.75) is 0 Å². The Morgan fingerprint density at radius 2 is 1.57 bits per heavy atom. The van der Waals surface area contributed by atoms with Crippen molar-refractivity contribution in [3.05, 3.63) is 89.7 Å². The molecule has 0 radical (unpaired) electrons. The summed E-state index contributed by atoms with van der Waals surface area (Å²) in [5, 5.41) is 0. The van der Waals surface area contributed by atoms with E-state index in [9.17, 15) is 14.0 Å². The second kappa shape index (κ2) is 8.81. The number of carbonyl (C=O) groups excluding carboxylic acids is 2. The fourth-order valence-electron chi connectivity index (χ4n) is 2.47. The van der Waals surface area contributed by atoms with Crippen LogP contribution in [0.15, 0.2) is 72.8 Å². The van der Waals surface area contributed by atoms with E-state index in [4.69, 9.17) is 14.2 Å². The maximum atomic E-state index is 13.4. The molecule has 0 fully saturated rings. The number of carbonyl (C=O) groups is 2. The molecule has 3 rings (SSSR count). The van der Waals surface area contributed by atoms with Crippen LogP contribution >= 0.6 is 0 Å². The second-order valence-electron chi connectivity index (χ2n) is 5.78. The van der Waals surface area contributed by atoms with Crippen LogP contribution in [-0.4, -0.2) is 25.5 Å². The highest BCUT2D eigenvalue weighted by Gasteiger charge is 2.16. The number of rotatable bonds is 7. The molecule has 0 aliphatic carbocycles. The highest BCUT2D eigenvalue weighted by molar-refractivity contribution is 6.01. The Kier molecular flexibility index (Phi) is 6.01. The first-order valence-corrected chi connectivity index (χ1v) is 8.43. The molecule has 3 aromatic carbocycles. The van der Waals surface area contributed by atoms with Gasteiger partial charge in [0.2, 0.25) is 5.78 Å². The zero-order valence-electron chi connectivity index (χ0n) is 15.1. The number of halogens is 1. The standard InChI is InChI=1S/C22H17FO5/c1-26-21-12-9-16(23)13-19(21)20(24)14-27-22(25)15-7-10-18(11-8-15)28-17-5-3-2-4-6-17/h2-13H,14H2,1H3. The minimum absolute atomic E-state index is 0.0157. The van der Waals surface area contributed by atoms with Gasteiger partial charge in [0.1, 0.15) is 23.1 Å². The van der Waals surface area contributed by atoms with Gasteiger partial charge in [0, 0.05) is 0 Å². The third-order valence-electron chi connectivity index (χ3n) is 3.87. The molecule has 0 unspecified atom stereocenters. The van der Waals surface area contributed by atoms with Gasteiger partial charge in [0.25, 0.3) is 0 Å². The van der Waals surface area contributed by atoms with E-state index in [1.54, 1.807) is 12.1 Å². The van der Waals surface area contributed by atoms with Gasteiger partial charge in [0.15, 0.2) is 6.61 Å². The number of hydrogen-bond acceptors (Lipinski definition) is 5. The molecule has 0 bridgehead atoms. The van der Waals surface area contributed by atoms with Crippen LogP contribution in [0.4, 0.5) is 4.39 Å². The molecule has 0 aliphatic heterocycles. The molecule has 0 saturated carbocycles. The van der Waals surface area contributed by atoms with Gasteiger partial charge >= 0.3 is 5.97 Å². The fraction of sp³-hybridized carbons (Fsp3) is 0.0909. The Labute approximate surface area is 161 Å². The summed E-state index contributed by atoms with van der Waals surface area (Å²) in [6, 6.07) is 19.1. The van der Waals surface area contributed by atoms with Gasteiger partial charge in [-0.3, -0.25) is 4.79 Å². The molecule has 28 heavy (non-hydrogen) atoms. The van der Waals surface area contributed by atoms with E-state index in [1.165, 1.54) is 31.4 Å². The highest BCUT2D eigenvalue weighted by Crippen LogP contribution is 2.22. The Morgan fingerprint density at radius 3 is 2.25 bits per heavy atom. The predicted molar refractivity (Wildman–Crippen MR) is 101 cm³/mol. The smallest absolute Gasteiger partial charge is 0.338 e. The summed E-state index contributed by atoms with van der Waals surface area (Å²) < 4.78 is 29.1. The summed E-state index contributed by atoms with van der Waals surface area (Å²) in [5.74, 6) is -0.367. The Balaban J connectivity index is 1.60. The van der Waals surface area contributed by atoms with Crippen molar-refractivity contribution in [2.75, 3.05) is 13.7 Å². The number of hydrogen-bond donors (Lipinski definition) is 0. The summed E-state index contributed by atoms with van der Waals surface area (Å²) in [5.41, 5.74) is 0.279. The minimum Gasteiger partial charge on any atom is -0.496 e. The van der Waals surface area contributed by atoms with Crippen LogP contribution < -0.4 is 9.47 Å². The molecule has 0 saturated heterocycles. The number of esters is 1. The first-order chi connectivity index (χ1) is 13.6. The summed E-state index contributed by atoms with van der Waals surface area (Å²) in [6.07, 6.45) is 0. The lowest BCUT2D eigenvalue weighted by Gasteiger charge is -2.09. The molecular formula is C22H17FO5. The van der Waals surface area contributed by atoms with E-state index in [0.717, 1.165) is 6.07 Å². The lowest BCUT2D eigenvalue weighted by molar-refractivity contribution is 0.0474. The minimum atomic E-state index is -0.671. The van der Waals surface area contributed by atoms with Crippen molar-refractivity contribution in [1.82, 2.24) is 0 Å². The largest absolute Gasteiger partial charge is 0.496 e. The number of benzene rings is 3. The molecule has 0 aliphatic rings. The SMILES string of the molecule is COc1ccc(F)cc1C(=O)COC(=O)c1ccc(Oc2ccccc2)cc1. The average molecular weight is 380 g/mol. The Hall–Kier alpha value is -3.67. The van der Waals surface area contributed by atoms with Gasteiger partial charge in [-0.05, 0) is 54.6 Å². The number of ketones is 1. The average Bonchev–Trinajstić information content (AvgIpc) is 2.73. The van der Waals surface area contributed by atoms with Crippen molar-refractivity contribution >= 4 is 11.8 Å². The van der Waals surface area contributed by atoms with Crippen molar-refractivity contribution in [1.29, 1.82) is 0 Å². The van der Waals surface area contributed by atoms with Crippen molar-refractivity contribution in [2.24, 2.45) is 0 Å². The van der Waals surface area contributed by atoms with Gasteiger partial charge in [0.05, 0.1) is 18.2 Å². The zero-order chi connectivity index (χ0) is 19.9. The molecule has 6 heteroatoms. The van der Waals surface area contributed by atoms with E-state index in [-0.39, 0.29) is 16.9 Å². The van der Waals surface area contributed by atoms with E-state index in [1.807, 2.05) is 30.3 Å². The van der Waals surface area contributed by atoms with Crippen molar-refractivity contribution < 1.29 is 28.2 Å². The van der Waals surface area contributed by atoms with E-state index in [2.05, 4.69) is 0 Å². The Morgan fingerprint density at radius 1 is 0.893 bits per heavy atom. The van der Waals surface area contributed by atoms with Crippen molar-refractivity contribution in [3.63, 3.8) is 0 Å². The number of ether oxygens (including phenoxy) is 3. The number of para-hydroxylation sites is 1. The van der Waals surface area contributed by atoms with Gasteiger partial charge in [-0.2, -0.15) is 0 Å². The molecule has 0 atom stereocenters. The second-order valence-corrected chi connectivity index (χ2v) is 5.78. The monoisotopic (exact) mass is 380 g/mol. The summed E-state index contributed by atoms with van der Waals surface area (Å²) >= 11 is 0. The number of methoxy groups -OCH3 is 1. The molecule has 0 spiro atoms. The number of Topliss-reactive ketones (excluding diaryl/α,β-unsaturated/α-hetero) is 1. The lowest BCUT2D eigenvalue weighted by atomic mass is 10.1. The third-order valence-corrected chi connectivity index (χ3v) is 3.87. The van der Waals surface area contributed by atoms with Gasteiger partial charge < -0.3 is 14.2 Å². The van der Waals surface area contributed by atoms with Crippen LogP contribution in [0.5, 0.6) is 17.2 Å². The highest BCUT2D eigenvalue weighted by atomic mass is 19.1. The third kappa shape index (κ3) is 4.73. The molecular weight excluding hydrogens is 363 g/mol. The Bertz CT molecular complexity index is 968. The molecule has 0 amide bonds. The van der Waals surface area contributed by atoms with Crippen LogP contribution in [0.25, 0.3) is 0 Å². The molecule has 142 valence electrons. The normalized spacial score (nSPS) is 10.2. The summed E-state index contributed by atoms with van der Waals surface area (Å²) in [6.45, 7) is -0.527. The lowest BCUT2D eigenvalue weighted by Crippen LogP contribution is -2.15. The first kappa shape index (κ1) is 19.1. The fourth-order valence-corrected chi connectivity index (χ4v) is 2.47. The predicted octanol–water partition coefficient (Wildman–Crippen LogP) is 4.67. The molecule has 0 heterocycles. The van der Waals surface area contributed by atoms with Gasteiger partial charge in [-0.1, -0.05) is 18.2 Å². The van der Waals surface area contributed by atoms with E-state index < -0.39 is 24.2 Å². The maximum absolute atomic E-state index is 13.4. The molecule has 0 aromatic heterocycles. The first-order valence-electron chi connectivity index (χ1n) is 8.43. The van der Waals surface area contributed by atoms with Gasteiger partial charge in [-0.15, -0.1) is 0 Å². The molecule has 5 nitrogen and oxygen atoms in total. The quantitative estimate of drug-likeness (QED) is 0.440. The van der Waals surface area contributed by atoms with Crippen LogP contribution in [0.3, 0.4) is 0 Å². The van der Waals surface area contributed by atoms with Crippen LogP contribution in [-0.2, 0) is 4.74 Å². The molecule has 0 N–H and O–H groups in total. The van der Waals surface area contributed by atoms with E-state index in [0.29, 0.717) is 11.5 Å².